The maximum Gasteiger partial charge on any atom is 0.252 e. The summed E-state index contributed by atoms with van der Waals surface area (Å²) in [5.74, 6) is -0.00810. The van der Waals surface area contributed by atoms with Gasteiger partial charge in [0.2, 0.25) is 0 Å². The summed E-state index contributed by atoms with van der Waals surface area (Å²) in [6.45, 7) is 2.52. The molecule has 1 atom stereocenters. The van der Waals surface area contributed by atoms with Crippen molar-refractivity contribution in [1.29, 1.82) is 0 Å². The lowest BCUT2D eigenvalue weighted by atomic mass is 10.0. The van der Waals surface area contributed by atoms with E-state index in [4.69, 9.17) is 15.6 Å². The SMILES string of the molecule is CC(NC1CC1)c1ccc(C(N)=O)c(OCCCO)c1. The summed E-state index contributed by atoms with van der Waals surface area (Å²) in [6.07, 6.45) is 2.98. The molecule has 1 aromatic carbocycles. The van der Waals surface area contributed by atoms with Gasteiger partial charge < -0.3 is 20.9 Å². The highest BCUT2D eigenvalue weighted by molar-refractivity contribution is 5.95. The van der Waals surface area contributed by atoms with E-state index in [1.54, 1.807) is 6.07 Å². The summed E-state index contributed by atoms with van der Waals surface area (Å²) in [6, 6.07) is 6.29. The zero-order valence-electron chi connectivity index (χ0n) is 11.8. The maximum absolute atomic E-state index is 11.4. The van der Waals surface area contributed by atoms with Crippen LogP contribution in [0.15, 0.2) is 18.2 Å². The van der Waals surface area contributed by atoms with Crippen LogP contribution in [-0.4, -0.2) is 30.3 Å². The van der Waals surface area contributed by atoms with Gasteiger partial charge in [-0.1, -0.05) is 6.07 Å². The first-order chi connectivity index (χ1) is 9.61. The Hall–Kier alpha value is -1.59. The lowest BCUT2D eigenvalue weighted by Crippen LogP contribution is -2.21. The summed E-state index contributed by atoms with van der Waals surface area (Å²) < 4.78 is 5.56. The van der Waals surface area contributed by atoms with Crippen LogP contribution < -0.4 is 15.8 Å². The molecule has 0 radical (unpaired) electrons. The van der Waals surface area contributed by atoms with Gasteiger partial charge in [0.05, 0.1) is 12.2 Å². The molecule has 1 amide bonds. The monoisotopic (exact) mass is 278 g/mol. The Bertz CT molecular complexity index is 472. The number of aliphatic hydroxyl groups excluding tert-OH is 1. The number of nitrogens with two attached hydrogens (primary N) is 1. The van der Waals surface area contributed by atoms with E-state index in [1.165, 1.54) is 12.8 Å². The summed E-state index contributed by atoms with van der Waals surface area (Å²) >= 11 is 0. The lowest BCUT2D eigenvalue weighted by Gasteiger charge is -2.16. The van der Waals surface area contributed by atoms with Crippen LogP contribution >= 0.6 is 0 Å². The number of carbonyl (C=O) groups excluding carboxylic acids is 1. The van der Waals surface area contributed by atoms with E-state index in [9.17, 15) is 4.79 Å². The normalized spacial score (nSPS) is 15.9. The maximum atomic E-state index is 11.4. The predicted molar refractivity (Wildman–Crippen MR) is 76.7 cm³/mol. The zero-order chi connectivity index (χ0) is 14.5. The number of carbonyl (C=O) groups is 1. The summed E-state index contributed by atoms with van der Waals surface area (Å²) in [7, 11) is 0. The number of benzene rings is 1. The first kappa shape index (κ1) is 14.8. The molecule has 1 fully saturated rings. The van der Waals surface area contributed by atoms with Gasteiger partial charge >= 0.3 is 0 Å². The highest BCUT2D eigenvalue weighted by Gasteiger charge is 2.23. The first-order valence-corrected chi connectivity index (χ1v) is 7.05. The second-order valence-corrected chi connectivity index (χ2v) is 5.21. The lowest BCUT2D eigenvalue weighted by molar-refractivity contribution is 0.0996. The van der Waals surface area contributed by atoms with Gasteiger partial charge in [0.15, 0.2) is 0 Å². The van der Waals surface area contributed by atoms with Gasteiger partial charge in [-0.3, -0.25) is 4.79 Å². The van der Waals surface area contributed by atoms with Crippen LogP contribution in [0.4, 0.5) is 0 Å². The Morgan fingerprint density at radius 2 is 2.30 bits per heavy atom. The van der Waals surface area contributed by atoms with E-state index >= 15 is 0 Å². The van der Waals surface area contributed by atoms with Gasteiger partial charge in [0.25, 0.3) is 5.91 Å². The van der Waals surface area contributed by atoms with E-state index in [-0.39, 0.29) is 12.6 Å². The fourth-order valence-electron chi connectivity index (χ4n) is 2.08. The molecule has 1 aliphatic rings. The van der Waals surface area contributed by atoms with Gasteiger partial charge in [-0.2, -0.15) is 0 Å². The van der Waals surface area contributed by atoms with Gasteiger partial charge in [-0.05, 0) is 37.5 Å². The quantitative estimate of drug-likeness (QED) is 0.627. The molecule has 0 aliphatic heterocycles. The van der Waals surface area contributed by atoms with E-state index < -0.39 is 5.91 Å². The number of amides is 1. The molecule has 110 valence electrons. The van der Waals surface area contributed by atoms with Crippen molar-refractivity contribution < 1.29 is 14.6 Å². The molecule has 1 aromatic rings. The van der Waals surface area contributed by atoms with Crippen LogP contribution in [0.1, 0.15) is 48.1 Å². The minimum Gasteiger partial charge on any atom is -0.493 e. The number of aliphatic hydroxyl groups is 1. The van der Waals surface area contributed by atoms with E-state index in [0.29, 0.717) is 30.4 Å². The second kappa shape index (κ2) is 6.72. The van der Waals surface area contributed by atoms with Gasteiger partial charge in [0, 0.05) is 25.1 Å². The first-order valence-electron chi connectivity index (χ1n) is 7.05. The van der Waals surface area contributed by atoms with Gasteiger partial charge in [-0.25, -0.2) is 0 Å². The third kappa shape index (κ3) is 3.95. The molecule has 1 aliphatic carbocycles. The molecule has 1 saturated carbocycles. The zero-order valence-corrected chi connectivity index (χ0v) is 11.8. The van der Waals surface area contributed by atoms with Crippen molar-refractivity contribution in [2.75, 3.05) is 13.2 Å². The molecule has 0 heterocycles. The number of ether oxygens (including phenoxy) is 1. The second-order valence-electron chi connectivity index (χ2n) is 5.21. The largest absolute Gasteiger partial charge is 0.493 e. The fourth-order valence-corrected chi connectivity index (χ4v) is 2.08. The van der Waals surface area contributed by atoms with Gasteiger partial charge in [-0.15, -0.1) is 0 Å². The predicted octanol–water partition coefficient (Wildman–Crippen LogP) is 1.36. The van der Waals surface area contributed by atoms with Crippen LogP contribution in [0.2, 0.25) is 0 Å². The summed E-state index contributed by atoms with van der Waals surface area (Å²) in [4.78, 5) is 11.4. The number of rotatable bonds is 8. The Morgan fingerprint density at radius 1 is 1.55 bits per heavy atom. The molecule has 0 spiro atoms. The Kier molecular flexibility index (Phi) is 4.98. The van der Waals surface area contributed by atoms with Gasteiger partial charge in [0.1, 0.15) is 5.75 Å². The molecular formula is C15H22N2O3. The third-order valence-electron chi connectivity index (χ3n) is 3.39. The molecule has 5 heteroatoms. The van der Waals surface area contributed by atoms with E-state index in [1.807, 2.05) is 12.1 Å². The average Bonchev–Trinajstić information content (AvgIpc) is 3.22. The molecule has 0 bridgehead atoms. The number of hydrogen-bond donors (Lipinski definition) is 3. The molecular weight excluding hydrogens is 256 g/mol. The molecule has 0 aromatic heterocycles. The minimum atomic E-state index is -0.502. The highest BCUT2D eigenvalue weighted by Crippen LogP contribution is 2.27. The minimum absolute atomic E-state index is 0.0607. The van der Waals surface area contributed by atoms with Crippen molar-refractivity contribution in [3.8, 4) is 5.75 Å². The Labute approximate surface area is 119 Å². The van der Waals surface area contributed by atoms with Crippen molar-refractivity contribution in [3.63, 3.8) is 0 Å². The van der Waals surface area contributed by atoms with Crippen molar-refractivity contribution in [1.82, 2.24) is 5.32 Å². The van der Waals surface area contributed by atoms with Crippen molar-refractivity contribution >= 4 is 5.91 Å². The van der Waals surface area contributed by atoms with Crippen LogP contribution in [-0.2, 0) is 0 Å². The third-order valence-corrected chi connectivity index (χ3v) is 3.39. The Morgan fingerprint density at radius 3 is 2.90 bits per heavy atom. The number of primary amides is 1. The van der Waals surface area contributed by atoms with Crippen LogP contribution in [0.5, 0.6) is 5.75 Å². The van der Waals surface area contributed by atoms with E-state index in [0.717, 1.165) is 5.56 Å². The molecule has 5 nitrogen and oxygen atoms in total. The van der Waals surface area contributed by atoms with Crippen molar-refractivity contribution in [3.05, 3.63) is 29.3 Å². The van der Waals surface area contributed by atoms with Crippen LogP contribution in [0.3, 0.4) is 0 Å². The Balaban J connectivity index is 2.12. The standard InChI is InChI=1S/C15H22N2O3/c1-10(17-12-4-5-12)11-3-6-13(15(16)19)14(9-11)20-8-2-7-18/h3,6,9-10,12,17-18H,2,4-5,7-8H2,1H3,(H2,16,19). The highest BCUT2D eigenvalue weighted by atomic mass is 16.5. The molecule has 20 heavy (non-hydrogen) atoms. The fraction of sp³-hybridized carbons (Fsp3) is 0.533. The summed E-state index contributed by atoms with van der Waals surface area (Å²) in [5, 5.41) is 12.3. The van der Waals surface area contributed by atoms with Crippen LogP contribution in [0.25, 0.3) is 0 Å². The topological polar surface area (TPSA) is 84.6 Å². The molecule has 2 rings (SSSR count). The molecule has 0 saturated heterocycles. The average molecular weight is 278 g/mol. The van der Waals surface area contributed by atoms with Crippen LogP contribution in [0, 0.1) is 0 Å². The van der Waals surface area contributed by atoms with Crippen molar-refractivity contribution in [2.45, 2.75) is 38.3 Å². The smallest absolute Gasteiger partial charge is 0.252 e. The molecule has 1 unspecified atom stereocenters. The molecule has 4 N–H and O–H groups in total. The van der Waals surface area contributed by atoms with Crippen molar-refractivity contribution in [2.24, 2.45) is 5.73 Å². The number of nitrogens with one attached hydrogen (secondary N) is 1. The van der Waals surface area contributed by atoms with E-state index in [2.05, 4.69) is 12.2 Å². The number of hydrogen-bond acceptors (Lipinski definition) is 4. The summed E-state index contributed by atoms with van der Waals surface area (Å²) in [5.41, 5.74) is 6.80.